The van der Waals surface area contributed by atoms with Gasteiger partial charge < -0.3 is 14.0 Å². The van der Waals surface area contributed by atoms with Gasteiger partial charge in [-0.25, -0.2) is 13.4 Å². The van der Waals surface area contributed by atoms with Crippen molar-refractivity contribution in [2.75, 3.05) is 33.4 Å². The minimum absolute atomic E-state index is 0.322. The van der Waals surface area contributed by atoms with Crippen LogP contribution in [0.3, 0.4) is 0 Å². The lowest BCUT2D eigenvalue weighted by atomic mass is 10.0. The maximum absolute atomic E-state index is 13.3. The summed E-state index contributed by atoms with van der Waals surface area (Å²) in [6, 6.07) is 13.4. The van der Waals surface area contributed by atoms with E-state index in [0.29, 0.717) is 42.6 Å². The standard InChI is InChI=1S/C26H35N3O4S2/c1-4-33-15-7-14-29-25-12-11-23(35(30,31)28-13-6-8-20(2)18-28)17-24(25)27-26(29)34-19-21-9-5-10-22(16-21)32-3/h5,9-12,16-17,20H,4,6-8,13-15,18-19H2,1-3H3/t20-/m0/s1. The van der Waals surface area contributed by atoms with Crippen LogP contribution in [-0.2, 0) is 27.1 Å². The molecule has 0 amide bonds. The zero-order chi connectivity index (χ0) is 24.8. The summed E-state index contributed by atoms with van der Waals surface area (Å²) < 4.78 is 41.4. The molecule has 2 heterocycles. The summed E-state index contributed by atoms with van der Waals surface area (Å²) in [6.45, 7) is 7.39. The molecule has 1 atom stereocenters. The number of aromatic nitrogens is 2. The predicted octanol–water partition coefficient (Wildman–Crippen LogP) is 5.18. The highest BCUT2D eigenvalue weighted by molar-refractivity contribution is 7.98. The number of nitrogens with zero attached hydrogens (tertiary/aromatic N) is 3. The van der Waals surface area contributed by atoms with Crippen molar-refractivity contribution in [1.29, 1.82) is 0 Å². The highest BCUT2D eigenvalue weighted by Crippen LogP contribution is 2.31. The van der Waals surface area contributed by atoms with Gasteiger partial charge in [-0.15, -0.1) is 0 Å². The van der Waals surface area contributed by atoms with Gasteiger partial charge >= 0.3 is 0 Å². The van der Waals surface area contributed by atoms with Crippen molar-refractivity contribution in [1.82, 2.24) is 13.9 Å². The van der Waals surface area contributed by atoms with E-state index < -0.39 is 10.0 Å². The largest absolute Gasteiger partial charge is 0.497 e. The lowest BCUT2D eigenvalue weighted by Crippen LogP contribution is -2.39. The Bertz CT molecular complexity index is 1240. The summed E-state index contributed by atoms with van der Waals surface area (Å²) >= 11 is 1.65. The first-order valence-electron chi connectivity index (χ1n) is 12.3. The number of ether oxygens (including phenoxy) is 2. The van der Waals surface area contributed by atoms with Crippen molar-refractivity contribution < 1.29 is 17.9 Å². The number of rotatable bonds is 11. The SMILES string of the molecule is CCOCCCn1c(SCc2cccc(OC)c2)nc2cc(S(=O)(=O)N3CCC[C@H](C)C3)ccc21. The van der Waals surface area contributed by atoms with Crippen molar-refractivity contribution in [2.45, 2.75) is 55.5 Å². The van der Waals surface area contributed by atoms with Crippen molar-refractivity contribution in [2.24, 2.45) is 5.92 Å². The average Bonchev–Trinajstić information content (AvgIpc) is 3.22. The lowest BCUT2D eigenvalue weighted by molar-refractivity contribution is 0.141. The summed E-state index contributed by atoms with van der Waals surface area (Å²) in [5.74, 6) is 1.95. The zero-order valence-electron chi connectivity index (χ0n) is 20.8. The van der Waals surface area contributed by atoms with Crippen LogP contribution < -0.4 is 4.74 Å². The van der Waals surface area contributed by atoms with Gasteiger partial charge in [-0.1, -0.05) is 30.8 Å². The van der Waals surface area contributed by atoms with Crippen LogP contribution in [0, 0.1) is 5.92 Å². The molecule has 0 aliphatic carbocycles. The number of thioether (sulfide) groups is 1. The van der Waals surface area contributed by atoms with Gasteiger partial charge in [0.2, 0.25) is 10.0 Å². The van der Waals surface area contributed by atoms with Crippen LogP contribution in [0.1, 0.15) is 38.7 Å². The van der Waals surface area contributed by atoms with Gasteiger partial charge in [-0.05, 0) is 68.0 Å². The number of aryl methyl sites for hydroxylation is 1. The predicted molar refractivity (Wildman–Crippen MR) is 141 cm³/mol. The molecule has 4 rings (SSSR count). The van der Waals surface area contributed by atoms with Gasteiger partial charge in [0.15, 0.2) is 5.16 Å². The summed E-state index contributed by atoms with van der Waals surface area (Å²) in [5.41, 5.74) is 2.80. The molecule has 2 aromatic carbocycles. The number of benzene rings is 2. The van der Waals surface area contributed by atoms with Crippen molar-refractivity contribution in [3.8, 4) is 5.75 Å². The normalized spacial score (nSPS) is 17.2. The van der Waals surface area contributed by atoms with E-state index in [2.05, 4.69) is 17.6 Å². The molecule has 3 aromatic rings. The minimum Gasteiger partial charge on any atom is -0.497 e. The molecule has 190 valence electrons. The Hall–Kier alpha value is -2.07. The molecule has 0 unspecified atom stereocenters. The Morgan fingerprint density at radius 3 is 2.83 bits per heavy atom. The number of hydrogen-bond donors (Lipinski definition) is 0. The molecule has 1 aromatic heterocycles. The maximum atomic E-state index is 13.3. The summed E-state index contributed by atoms with van der Waals surface area (Å²) in [7, 11) is -1.87. The highest BCUT2D eigenvalue weighted by atomic mass is 32.2. The Morgan fingerprint density at radius 1 is 1.20 bits per heavy atom. The minimum atomic E-state index is -3.53. The second-order valence-electron chi connectivity index (χ2n) is 9.00. The summed E-state index contributed by atoms with van der Waals surface area (Å²) in [5, 5.41) is 0.875. The van der Waals surface area contributed by atoms with E-state index in [1.54, 1.807) is 35.3 Å². The molecule has 0 saturated carbocycles. The Labute approximate surface area is 212 Å². The highest BCUT2D eigenvalue weighted by Gasteiger charge is 2.29. The van der Waals surface area contributed by atoms with Crippen LogP contribution in [0.15, 0.2) is 52.5 Å². The third-order valence-electron chi connectivity index (χ3n) is 6.32. The quantitative estimate of drug-likeness (QED) is 0.258. The Morgan fingerprint density at radius 2 is 2.06 bits per heavy atom. The lowest BCUT2D eigenvalue weighted by Gasteiger charge is -2.30. The summed E-state index contributed by atoms with van der Waals surface area (Å²) in [6.07, 6.45) is 2.84. The molecule has 1 fully saturated rings. The topological polar surface area (TPSA) is 73.7 Å². The molecule has 0 spiro atoms. The first-order valence-corrected chi connectivity index (χ1v) is 14.7. The van der Waals surface area contributed by atoms with E-state index in [0.717, 1.165) is 53.5 Å². The molecule has 1 aliphatic rings. The monoisotopic (exact) mass is 517 g/mol. The number of imidazole rings is 1. The fraction of sp³-hybridized carbons (Fsp3) is 0.500. The number of fused-ring (bicyclic) bond motifs is 1. The fourth-order valence-electron chi connectivity index (χ4n) is 4.47. The van der Waals surface area contributed by atoms with Crippen molar-refractivity contribution in [3.63, 3.8) is 0 Å². The van der Waals surface area contributed by atoms with Crippen LogP contribution in [0.5, 0.6) is 5.75 Å². The van der Waals surface area contributed by atoms with Crippen molar-refractivity contribution >= 4 is 32.8 Å². The van der Waals surface area contributed by atoms with E-state index in [4.69, 9.17) is 14.5 Å². The Balaban J connectivity index is 1.62. The average molecular weight is 518 g/mol. The molecule has 1 saturated heterocycles. The summed E-state index contributed by atoms with van der Waals surface area (Å²) in [4.78, 5) is 5.20. The molecule has 7 nitrogen and oxygen atoms in total. The first-order chi connectivity index (χ1) is 16.9. The van der Waals surface area contributed by atoms with E-state index >= 15 is 0 Å². The molecular weight excluding hydrogens is 482 g/mol. The van der Waals surface area contributed by atoms with Crippen LogP contribution in [0.25, 0.3) is 11.0 Å². The third-order valence-corrected chi connectivity index (χ3v) is 9.23. The molecule has 0 radical (unpaired) electrons. The molecule has 9 heteroatoms. The zero-order valence-corrected chi connectivity index (χ0v) is 22.4. The van der Waals surface area contributed by atoms with Gasteiger partial charge in [0.25, 0.3) is 0 Å². The van der Waals surface area contributed by atoms with Gasteiger partial charge in [0.1, 0.15) is 5.75 Å². The van der Waals surface area contributed by atoms with E-state index in [-0.39, 0.29) is 0 Å². The molecular formula is C26H35N3O4S2. The van der Waals surface area contributed by atoms with Gasteiger partial charge in [0, 0.05) is 38.6 Å². The van der Waals surface area contributed by atoms with Crippen LogP contribution in [0.2, 0.25) is 0 Å². The van der Waals surface area contributed by atoms with Gasteiger partial charge in [0.05, 0.1) is 23.0 Å². The van der Waals surface area contributed by atoms with Gasteiger partial charge in [-0.2, -0.15) is 4.31 Å². The smallest absolute Gasteiger partial charge is 0.243 e. The van der Waals surface area contributed by atoms with Gasteiger partial charge in [-0.3, -0.25) is 0 Å². The van der Waals surface area contributed by atoms with E-state index in [1.807, 2.05) is 31.2 Å². The molecule has 0 bridgehead atoms. The van der Waals surface area contributed by atoms with Crippen LogP contribution >= 0.6 is 11.8 Å². The molecule has 35 heavy (non-hydrogen) atoms. The van der Waals surface area contributed by atoms with Crippen LogP contribution in [0.4, 0.5) is 0 Å². The van der Waals surface area contributed by atoms with E-state index in [9.17, 15) is 8.42 Å². The number of sulfonamides is 1. The molecule has 0 N–H and O–H groups in total. The first kappa shape index (κ1) is 26.0. The number of piperidine rings is 1. The fourth-order valence-corrected chi connectivity index (χ4v) is 7.07. The van der Waals surface area contributed by atoms with Crippen molar-refractivity contribution in [3.05, 3.63) is 48.0 Å². The second kappa shape index (κ2) is 11.8. The second-order valence-corrected chi connectivity index (χ2v) is 11.9. The number of methoxy groups -OCH3 is 1. The van der Waals surface area contributed by atoms with Crippen LogP contribution in [-0.4, -0.2) is 55.7 Å². The number of hydrogen-bond acceptors (Lipinski definition) is 6. The molecule has 1 aliphatic heterocycles. The van der Waals surface area contributed by atoms with E-state index in [1.165, 1.54) is 0 Å². The third kappa shape index (κ3) is 6.20. The maximum Gasteiger partial charge on any atom is 0.243 e. The Kier molecular flexibility index (Phi) is 8.75.